The van der Waals surface area contributed by atoms with E-state index in [4.69, 9.17) is 9.47 Å². The molecule has 4 N–H and O–H groups in total. The summed E-state index contributed by atoms with van der Waals surface area (Å²) in [5.41, 5.74) is 2.02. The third-order valence-corrected chi connectivity index (χ3v) is 6.56. The summed E-state index contributed by atoms with van der Waals surface area (Å²) >= 11 is 0. The number of likely N-dealkylation sites (tertiary alicyclic amines) is 1. The lowest BCUT2D eigenvalue weighted by molar-refractivity contribution is 0.106. The lowest BCUT2D eigenvalue weighted by Gasteiger charge is -2.32. The van der Waals surface area contributed by atoms with Crippen LogP contribution in [0.2, 0.25) is 0 Å². The van der Waals surface area contributed by atoms with Crippen molar-refractivity contribution in [2.24, 2.45) is 0 Å². The van der Waals surface area contributed by atoms with Crippen LogP contribution < -0.4 is 20.1 Å². The summed E-state index contributed by atoms with van der Waals surface area (Å²) < 4.78 is 24.7. The number of amides is 2. The van der Waals surface area contributed by atoms with Gasteiger partial charge in [-0.05, 0) is 72.6 Å². The summed E-state index contributed by atoms with van der Waals surface area (Å²) in [6, 6.07) is 20.4. The number of carbonyl (C=O) groups excluding carboxylic acids is 1. The molecule has 1 fully saturated rings. The van der Waals surface area contributed by atoms with Crippen LogP contribution in [-0.2, 0) is 13.0 Å². The molecule has 9 heteroatoms. The molecule has 0 aromatic heterocycles. The van der Waals surface area contributed by atoms with Gasteiger partial charge in [-0.2, -0.15) is 0 Å². The lowest BCUT2D eigenvalue weighted by atomic mass is 10.1. The number of hydrogen-bond acceptors (Lipinski definition) is 6. The molecule has 0 radical (unpaired) electrons. The highest BCUT2D eigenvalue weighted by atomic mass is 19.1. The number of aliphatic hydroxyl groups excluding tert-OH is 1. The number of halogens is 1. The van der Waals surface area contributed by atoms with E-state index in [0.717, 1.165) is 42.7 Å². The van der Waals surface area contributed by atoms with Crippen LogP contribution in [0.1, 0.15) is 24.0 Å². The highest BCUT2D eigenvalue weighted by Gasteiger charge is 2.23. The Morgan fingerprint density at radius 1 is 0.949 bits per heavy atom. The molecule has 1 saturated heterocycles. The van der Waals surface area contributed by atoms with E-state index in [1.807, 2.05) is 24.3 Å². The predicted octanol–water partition coefficient (Wildman–Crippen LogP) is 3.86. The van der Waals surface area contributed by atoms with Crippen molar-refractivity contribution in [2.75, 3.05) is 32.8 Å². The number of aliphatic hydroxyl groups is 1. The molecular formula is C30H36FN3O5. The van der Waals surface area contributed by atoms with E-state index in [9.17, 15) is 19.4 Å². The van der Waals surface area contributed by atoms with Crippen LogP contribution >= 0.6 is 0 Å². The molecule has 208 valence electrons. The van der Waals surface area contributed by atoms with Gasteiger partial charge < -0.3 is 35.2 Å². The molecule has 0 aliphatic carbocycles. The molecule has 0 saturated carbocycles. The number of carbonyl (C=O) groups is 1. The number of piperidine rings is 1. The fourth-order valence-corrected chi connectivity index (χ4v) is 4.29. The number of nitrogens with zero attached hydrogens (tertiary/aromatic N) is 1. The molecule has 2 amide bonds. The third-order valence-electron chi connectivity index (χ3n) is 6.56. The van der Waals surface area contributed by atoms with E-state index in [-0.39, 0.29) is 30.3 Å². The molecule has 1 aliphatic heterocycles. The molecule has 3 aromatic carbocycles. The Bertz CT molecular complexity index is 1150. The van der Waals surface area contributed by atoms with Crippen LogP contribution in [0.4, 0.5) is 9.18 Å². The Labute approximate surface area is 228 Å². The van der Waals surface area contributed by atoms with E-state index >= 15 is 0 Å². The number of nitrogens with one attached hydrogen (secondary N) is 2. The summed E-state index contributed by atoms with van der Waals surface area (Å²) in [4.78, 5) is 14.2. The third kappa shape index (κ3) is 9.46. The predicted molar refractivity (Wildman–Crippen MR) is 146 cm³/mol. The van der Waals surface area contributed by atoms with Crippen molar-refractivity contribution in [3.63, 3.8) is 0 Å². The van der Waals surface area contributed by atoms with Gasteiger partial charge in [0, 0.05) is 39.0 Å². The minimum atomic E-state index is -0.637. The Kier molecular flexibility index (Phi) is 10.4. The van der Waals surface area contributed by atoms with E-state index in [1.165, 1.54) is 12.1 Å². The molecule has 0 bridgehead atoms. The number of hydrogen-bond donors (Lipinski definition) is 4. The number of ether oxygens (including phenoxy) is 2. The van der Waals surface area contributed by atoms with Crippen molar-refractivity contribution in [3.05, 3.63) is 89.7 Å². The summed E-state index contributed by atoms with van der Waals surface area (Å²) in [5, 5.41) is 25.5. The SMILES string of the molecule is O=C(NCc1ccc(F)cc1)N1CCC(Oc2ccc(CCNC[C@H](O)COc3ccc(O)cc3)cc2)CC1. The smallest absolute Gasteiger partial charge is 0.317 e. The molecule has 1 aliphatic rings. The molecular weight excluding hydrogens is 501 g/mol. The van der Waals surface area contributed by atoms with Crippen molar-refractivity contribution in [2.45, 2.75) is 38.0 Å². The Morgan fingerprint density at radius 3 is 2.28 bits per heavy atom. The zero-order valence-corrected chi connectivity index (χ0v) is 21.9. The zero-order valence-electron chi connectivity index (χ0n) is 21.9. The largest absolute Gasteiger partial charge is 0.508 e. The second kappa shape index (κ2) is 14.4. The zero-order chi connectivity index (χ0) is 27.5. The molecule has 0 spiro atoms. The normalized spacial score (nSPS) is 14.6. The van der Waals surface area contributed by atoms with Gasteiger partial charge in [0.05, 0.1) is 0 Å². The lowest BCUT2D eigenvalue weighted by Crippen LogP contribution is -2.46. The summed E-state index contributed by atoms with van der Waals surface area (Å²) in [6.07, 6.45) is 1.76. The minimum absolute atomic E-state index is 0.0592. The number of benzene rings is 3. The second-order valence-electron chi connectivity index (χ2n) is 9.65. The molecule has 1 atom stereocenters. The maximum absolute atomic E-state index is 13.0. The first-order chi connectivity index (χ1) is 18.9. The van der Waals surface area contributed by atoms with Crippen LogP contribution in [0.5, 0.6) is 17.2 Å². The monoisotopic (exact) mass is 537 g/mol. The van der Waals surface area contributed by atoms with Crippen molar-refractivity contribution < 1.29 is 28.9 Å². The Hall–Kier alpha value is -3.82. The number of urea groups is 1. The molecule has 1 heterocycles. The number of phenols is 1. The minimum Gasteiger partial charge on any atom is -0.508 e. The van der Waals surface area contributed by atoms with Gasteiger partial charge in [-0.1, -0.05) is 24.3 Å². The average molecular weight is 538 g/mol. The molecule has 4 rings (SSSR count). The van der Waals surface area contributed by atoms with Gasteiger partial charge in [-0.15, -0.1) is 0 Å². The van der Waals surface area contributed by atoms with Gasteiger partial charge in [0.25, 0.3) is 0 Å². The molecule has 0 unspecified atom stereocenters. The van der Waals surface area contributed by atoms with Crippen molar-refractivity contribution in [3.8, 4) is 17.2 Å². The fraction of sp³-hybridized carbons (Fsp3) is 0.367. The highest BCUT2D eigenvalue weighted by molar-refractivity contribution is 5.74. The van der Waals surface area contributed by atoms with E-state index in [1.54, 1.807) is 41.3 Å². The standard InChI is InChI=1S/C30H36FN3O5/c31-24-5-1-23(2-6-24)19-33-30(37)34-17-14-29(15-18-34)39-28-9-3-22(4-10-28)13-16-32-20-26(36)21-38-27-11-7-25(35)8-12-27/h1-12,26,29,32,35-36H,13-21H2,(H,33,37)/t26-/m0/s1. The van der Waals surface area contributed by atoms with E-state index < -0.39 is 6.10 Å². The van der Waals surface area contributed by atoms with Gasteiger partial charge in [0.2, 0.25) is 0 Å². The van der Waals surface area contributed by atoms with Gasteiger partial charge in [0.1, 0.15) is 41.9 Å². The molecule has 8 nitrogen and oxygen atoms in total. The summed E-state index contributed by atoms with van der Waals surface area (Å²) in [6.45, 7) is 2.92. The van der Waals surface area contributed by atoms with Gasteiger partial charge in [0.15, 0.2) is 0 Å². The summed E-state index contributed by atoms with van der Waals surface area (Å²) in [7, 11) is 0. The molecule has 39 heavy (non-hydrogen) atoms. The van der Waals surface area contributed by atoms with Crippen LogP contribution in [0.3, 0.4) is 0 Å². The van der Waals surface area contributed by atoms with Crippen LogP contribution in [-0.4, -0.2) is 66.1 Å². The first kappa shape index (κ1) is 28.2. The van der Waals surface area contributed by atoms with Crippen LogP contribution in [0.25, 0.3) is 0 Å². The first-order valence-electron chi connectivity index (χ1n) is 13.3. The fourth-order valence-electron chi connectivity index (χ4n) is 4.29. The Balaban J connectivity index is 1.08. The van der Waals surface area contributed by atoms with Crippen molar-refractivity contribution in [1.29, 1.82) is 0 Å². The second-order valence-corrected chi connectivity index (χ2v) is 9.65. The van der Waals surface area contributed by atoms with Crippen LogP contribution in [0.15, 0.2) is 72.8 Å². The molecule has 3 aromatic rings. The maximum atomic E-state index is 13.0. The topological polar surface area (TPSA) is 103 Å². The van der Waals surface area contributed by atoms with Crippen molar-refractivity contribution in [1.82, 2.24) is 15.5 Å². The van der Waals surface area contributed by atoms with Gasteiger partial charge >= 0.3 is 6.03 Å². The average Bonchev–Trinajstić information content (AvgIpc) is 2.96. The Morgan fingerprint density at radius 2 is 1.59 bits per heavy atom. The number of phenolic OH excluding ortho intramolecular Hbond substituents is 1. The number of rotatable bonds is 12. The van der Waals surface area contributed by atoms with Crippen molar-refractivity contribution >= 4 is 6.03 Å². The van der Waals surface area contributed by atoms with E-state index in [0.29, 0.717) is 31.9 Å². The van der Waals surface area contributed by atoms with E-state index in [2.05, 4.69) is 10.6 Å². The first-order valence-corrected chi connectivity index (χ1v) is 13.3. The quantitative estimate of drug-likeness (QED) is 0.262. The van der Waals surface area contributed by atoms with Crippen LogP contribution in [0, 0.1) is 5.82 Å². The number of aromatic hydroxyl groups is 1. The van der Waals surface area contributed by atoms with Gasteiger partial charge in [-0.3, -0.25) is 0 Å². The maximum Gasteiger partial charge on any atom is 0.317 e. The highest BCUT2D eigenvalue weighted by Crippen LogP contribution is 2.20. The summed E-state index contributed by atoms with van der Waals surface area (Å²) in [5.74, 6) is 1.30. The van der Waals surface area contributed by atoms with Gasteiger partial charge in [-0.25, -0.2) is 9.18 Å².